The molecule has 2 atom stereocenters. The van der Waals surface area contributed by atoms with E-state index in [-0.39, 0.29) is 45.7 Å². The Hall–Kier alpha value is -3.02. The van der Waals surface area contributed by atoms with Gasteiger partial charge in [0.2, 0.25) is 5.91 Å². The number of pyridine rings is 1. The molecule has 3 aromatic rings. The van der Waals surface area contributed by atoms with Crippen molar-refractivity contribution >= 4 is 56.5 Å². The topological polar surface area (TPSA) is 118 Å². The average molecular weight is 569 g/mol. The lowest BCUT2D eigenvalue weighted by Gasteiger charge is -2.36. The van der Waals surface area contributed by atoms with Crippen LogP contribution >= 0.6 is 22.9 Å². The fraction of sp³-hybridized carbons (Fsp3) is 0.519. The second-order valence-electron chi connectivity index (χ2n) is 11.0. The Morgan fingerprint density at radius 1 is 1.28 bits per heavy atom. The second kappa shape index (κ2) is 9.28. The number of aryl methyl sites for hydroxylation is 1. The van der Waals surface area contributed by atoms with Crippen molar-refractivity contribution in [2.75, 3.05) is 25.1 Å². The van der Waals surface area contributed by atoms with Crippen LogP contribution in [-0.4, -0.2) is 57.0 Å². The molecule has 2 aliphatic carbocycles. The minimum atomic E-state index is -0.715. The number of hydrogen-bond acceptors (Lipinski definition) is 8. The number of carbonyl (C=O) groups is 2. The van der Waals surface area contributed by atoms with Gasteiger partial charge in [0, 0.05) is 17.3 Å². The summed E-state index contributed by atoms with van der Waals surface area (Å²) in [6, 6.07) is 1.61. The van der Waals surface area contributed by atoms with Crippen LogP contribution < -0.4 is 16.2 Å². The lowest BCUT2D eigenvalue weighted by Crippen LogP contribution is -2.50. The molecule has 0 radical (unpaired) electrons. The van der Waals surface area contributed by atoms with Crippen molar-refractivity contribution in [2.24, 2.45) is 5.92 Å². The van der Waals surface area contributed by atoms with E-state index in [0.717, 1.165) is 46.3 Å². The summed E-state index contributed by atoms with van der Waals surface area (Å²) in [5.74, 6) is 0.361. The number of ether oxygens (including phenoxy) is 1. The monoisotopic (exact) mass is 568 g/mol. The number of rotatable bonds is 3. The summed E-state index contributed by atoms with van der Waals surface area (Å²) in [4.78, 5) is 52.8. The van der Waals surface area contributed by atoms with Crippen LogP contribution in [0.4, 0.5) is 11.5 Å². The maximum absolute atomic E-state index is 13.7. The number of morpholine rings is 1. The highest BCUT2D eigenvalue weighted by Crippen LogP contribution is 2.42. The summed E-state index contributed by atoms with van der Waals surface area (Å²) in [5.41, 5.74) is 0.619. The van der Waals surface area contributed by atoms with Gasteiger partial charge in [0.25, 0.3) is 11.5 Å². The van der Waals surface area contributed by atoms with E-state index >= 15 is 0 Å². The van der Waals surface area contributed by atoms with E-state index in [0.29, 0.717) is 44.8 Å². The van der Waals surface area contributed by atoms with E-state index in [1.165, 1.54) is 12.4 Å². The Morgan fingerprint density at radius 2 is 2.10 bits per heavy atom. The number of thiophene rings is 1. The fourth-order valence-electron chi connectivity index (χ4n) is 6.76. The van der Waals surface area contributed by atoms with Gasteiger partial charge >= 0.3 is 0 Å². The van der Waals surface area contributed by atoms with Crippen LogP contribution in [0, 0.1) is 5.92 Å². The molecule has 0 aromatic carbocycles. The van der Waals surface area contributed by atoms with Crippen LogP contribution in [0.15, 0.2) is 17.2 Å². The number of aromatic nitrogens is 3. The van der Waals surface area contributed by atoms with Gasteiger partial charge in [-0.25, -0.2) is 9.97 Å². The molecule has 204 valence electrons. The van der Waals surface area contributed by atoms with Crippen molar-refractivity contribution in [3.05, 3.63) is 43.9 Å². The summed E-state index contributed by atoms with van der Waals surface area (Å²) < 4.78 is 7.07. The van der Waals surface area contributed by atoms with Gasteiger partial charge in [0.1, 0.15) is 34.0 Å². The maximum atomic E-state index is 13.7. The van der Waals surface area contributed by atoms with Crippen molar-refractivity contribution < 1.29 is 14.3 Å². The van der Waals surface area contributed by atoms with Gasteiger partial charge in [-0.15, -0.1) is 11.3 Å². The Kier molecular flexibility index (Phi) is 5.94. The SMILES string of the molecule is C[C@@H]1COCCN1C(=O)[C@H]1CCc2c(sc3ncnc(Nc4cc(Cl)c5n(c4=O)C4(CCCC4)NC5=O)c23)C1. The van der Waals surface area contributed by atoms with E-state index in [9.17, 15) is 14.4 Å². The van der Waals surface area contributed by atoms with Gasteiger partial charge in [-0.05, 0) is 63.5 Å². The Bertz CT molecular complexity index is 1580. The molecule has 12 heteroatoms. The van der Waals surface area contributed by atoms with Gasteiger partial charge in [0.15, 0.2) is 0 Å². The molecule has 2 aliphatic heterocycles. The highest BCUT2D eigenvalue weighted by molar-refractivity contribution is 7.19. The van der Waals surface area contributed by atoms with Crippen molar-refractivity contribution in [3.8, 4) is 0 Å². The summed E-state index contributed by atoms with van der Waals surface area (Å²) in [6.45, 7) is 3.83. The third kappa shape index (κ3) is 3.88. The zero-order valence-electron chi connectivity index (χ0n) is 21.6. The molecule has 2 N–H and O–H groups in total. The van der Waals surface area contributed by atoms with Crippen LogP contribution in [0.25, 0.3) is 10.2 Å². The first-order chi connectivity index (χ1) is 18.9. The van der Waals surface area contributed by atoms with Crippen LogP contribution in [0.1, 0.15) is 60.0 Å². The number of anilines is 2. The molecule has 1 saturated carbocycles. The van der Waals surface area contributed by atoms with Gasteiger partial charge in [-0.2, -0.15) is 0 Å². The third-order valence-corrected chi connectivity index (χ3v) is 10.1. The largest absolute Gasteiger partial charge is 0.377 e. The molecular weight excluding hydrogens is 540 g/mol. The van der Waals surface area contributed by atoms with E-state index in [4.69, 9.17) is 16.3 Å². The van der Waals surface area contributed by atoms with Crippen LogP contribution in [0.2, 0.25) is 5.02 Å². The van der Waals surface area contributed by atoms with Gasteiger partial charge in [-0.1, -0.05) is 11.6 Å². The molecule has 0 unspecified atom stereocenters. The van der Waals surface area contributed by atoms with Crippen molar-refractivity contribution in [1.29, 1.82) is 0 Å². The highest BCUT2D eigenvalue weighted by atomic mass is 35.5. The van der Waals surface area contributed by atoms with Crippen LogP contribution in [-0.2, 0) is 28.0 Å². The normalized spacial score (nSPS) is 23.6. The van der Waals surface area contributed by atoms with E-state index < -0.39 is 5.66 Å². The molecule has 2 amide bonds. The molecular formula is C27H29ClN6O4S. The standard InChI is InChI=1S/C27H29ClN6O4S/c1-14-12-38-9-8-33(14)25(36)15-4-5-16-19(10-15)39-24-20(16)22(29-13-30-24)31-18-11-17(28)21-23(35)32-27(6-2-3-7-27)34(21)26(18)37/h11,13-15H,2-10,12H2,1H3,(H,32,35)(H,29,30,31)/t14-,15+/m1/s1. The number of hydrogen-bond donors (Lipinski definition) is 2. The Labute approximate surface area is 233 Å². The molecule has 0 bridgehead atoms. The van der Waals surface area contributed by atoms with Crippen LogP contribution in [0.5, 0.6) is 0 Å². The summed E-state index contributed by atoms with van der Waals surface area (Å²) in [7, 11) is 0. The molecule has 2 fully saturated rings. The first-order valence-corrected chi connectivity index (χ1v) is 14.7. The van der Waals surface area contributed by atoms with E-state index in [1.807, 2.05) is 11.8 Å². The summed E-state index contributed by atoms with van der Waals surface area (Å²) in [5, 5.41) is 7.38. The average Bonchev–Trinajstić information content (AvgIpc) is 3.62. The quantitative estimate of drug-likeness (QED) is 0.496. The van der Waals surface area contributed by atoms with E-state index in [1.54, 1.807) is 15.9 Å². The minimum absolute atomic E-state index is 0.0664. The fourth-order valence-corrected chi connectivity index (χ4v) is 8.31. The predicted molar refractivity (Wildman–Crippen MR) is 148 cm³/mol. The zero-order chi connectivity index (χ0) is 26.9. The summed E-state index contributed by atoms with van der Waals surface area (Å²) in [6.07, 6.45) is 6.90. The van der Waals surface area contributed by atoms with Gasteiger partial charge < -0.3 is 20.3 Å². The van der Waals surface area contributed by atoms with Crippen molar-refractivity contribution in [3.63, 3.8) is 0 Å². The first kappa shape index (κ1) is 25.0. The Morgan fingerprint density at radius 3 is 2.90 bits per heavy atom. The number of nitrogens with zero attached hydrogens (tertiary/aromatic N) is 4. The molecule has 3 aromatic heterocycles. The molecule has 1 saturated heterocycles. The zero-order valence-corrected chi connectivity index (χ0v) is 23.2. The first-order valence-electron chi connectivity index (χ1n) is 13.6. The van der Waals surface area contributed by atoms with E-state index in [2.05, 4.69) is 20.6 Å². The van der Waals surface area contributed by atoms with Gasteiger partial charge in [-0.3, -0.25) is 19.0 Å². The molecule has 4 aliphatic rings. The lowest BCUT2D eigenvalue weighted by atomic mass is 9.86. The smallest absolute Gasteiger partial charge is 0.276 e. The third-order valence-electron chi connectivity index (χ3n) is 8.67. The molecule has 1 spiro atoms. The number of nitrogens with one attached hydrogen (secondary N) is 2. The second-order valence-corrected chi connectivity index (χ2v) is 12.5. The van der Waals surface area contributed by atoms with Crippen LogP contribution in [0.3, 0.4) is 0 Å². The number of fused-ring (bicyclic) bond motifs is 5. The predicted octanol–water partition coefficient (Wildman–Crippen LogP) is 3.57. The Balaban J connectivity index is 1.23. The van der Waals surface area contributed by atoms with Gasteiger partial charge in [0.05, 0.1) is 29.7 Å². The number of carbonyl (C=O) groups excluding carboxylic acids is 2. The number of amides is 2. The minimum Gasteiger partial charge on any atom is -0.377 e. The van der Waals surface area contributed by atoms with Crippen molar-refractivity contribution in [2.45, 2.75) is 63.6 Å². The summed E-state index contributed by atoms with van der Waals surface area (Å²) >= 11 is 8.15. The molecule has 10 nitrogen and oxygen atoms in total. The molecule has 39 heavy (non-hydrogen) atoms. The van der Waals surface area contributed by atoms with Crippen molar-refractivity contribution in [1.82, 2.24) is 24.8 Å². The lowest BCUT2D eigenvalue weighted by molar-refractivity contribution is -0.143. The highest BCUT2D eigenvalue weighted by Gasteiger charge is 2.47. The number of halogens is 1. The molecule has 5 heterocycles. The maximum Gasteiger partial charge on any atom is 0.276 e. The molecule has 7 rings (SSSR count).